The molecule has 2 aromatic carbocycles. The molecule has 0 spiro atoms. The average molecular weight is 1200 g/mol. The monoisotopic (exact) mass is 1190 g/mol. The highest BCUT2D eigenvalue weighted by atomic mass is 79.9. The molecule has 0 bridgehead atoms. The topological polar surface area (TPSA) is 213 Å². The molecule has 3 atom stereocenters. The van der Waals surface area contributed by atoms with Gasteiger partial charge in [0, 0.05) is 97.2 Å². The Kier molecular flexibility index (Phi) is 19.1. The standard InChI is InChI=1S/C24H22BrClF2N6O3.C19H21F3N4O.C5H2BrFN2O2/c1-13(27)10-33-12-16(23(26)31-33)6-15-11-32(3)30-22(15)19-5-4-18(28)8-20(19)14(2)37-21-7-17(25)9-29-24(21)34(35)36;1-11-13(9-26(23-11)10-18(21)22)6-14-8-25(3)24-19(14)16-5-4-15(20)7-17(16)12(2)27;6-3-1-4(7)5(8-2-3)9(10)11/h4-5,7-9,11-14H,6,10H2,1-3H3;4-5,7-9,12,18,27H,6,10H2,1-3H3;1-2H/t13?,14-;12-;/m11./s1. The predicted octanol–water partition coefficient (Wildman–Crippen LogP) is 11.8. The Hall–Kier alpha value is -7.03. The second-order valence-electron chi connectivity index (χ2n) is 16.9. The summed E-state index contributed by atoms with van der Waals surface area (Å²) in [5, 5.41) is 49.1. The molecule has 0 saturated heterocycles. The second kappa shape index (κ2) is 25.0. The highest BCUT2D eigenvalue weighted by Gasteiger charge is 2.26. The lowest BCUT2D eigenvalue weighted by Gasteiger charge is -2.18. The number of alkyl halides is 3. The fourth-order valence-electron chi connectivity index (χ4n) is 7.69. The Labute approximate surface area is 445 Å². The van der Waals surface area contributed by atoms with Crippen LogP contribution in [-0.4, -0.2) is 76.6 Å². The highest BCUT2D eigenvalue weighted by molar-refractivity contribution is 9.10. The maximum Gasteiger partial charge on any atom is 0.406 e. The fourth-order valence-corrected chi connectivity index (χ4v) is 8.51. The van der Waals surface area contributed by atoms with E-state index in [1.165, 1.54) is 59.0 Å². The van der Waals surface area contributed by atoms with Crippen molar-refractivity contribution in [1.82, 2.24) is 49.1 Å². The van der Waals surface area contributed by atoms with Crippen molar-refractivity contribution in [2.75, 3.05) is 0 Å². The zero-order chi connectivity index (χ0) is 55.0. The van der Waals surface area contributed by atoms with E-state index in [4.69, 9.17) is 16.3 Å². The molecule has 0 saturated carbocycles. The van der Waals surface area contributed by atoms with E-state index < -0.39 is 70.3 Å². The summed E-state index contributed by atoms with van der Waals surface area (Å²) >= 11 is 12.5. The van der Waals surface area contributed by atoms with E-state index >= 15 is 0 Å². The third-order valence-electron chi connectivity index (χ3n) is 10.8. The van der Waals surface area contributed by atoms with Gasteiger partial charge in [0.2, 0.25) is 11.6 Å². The summed E-state index contributed by atoms with van der Waals surface area (Å²) in [5.74, 6) is -3.16. The molecule has 0 fully saturated rings. The maximum absolute atomic E-state index is 14.4. The Morgan fingerprint density at radius 1 is 0.693 bits per heavy atom. The minimum Gasteiger partial charge on any atom is -0.478 e. The number of rotatable bonds is 16. The van der Waals surface area contributed by atoms with Crippen LogP contribution in [0.15, 0.2) is 94.7 Å². The normalized spacial score (nSPS) is 12.4. The van der Waals surface area contributed by atoms with E-state index in [9.17, 15) is 51.7 Å². The van der Waals surface area contributed by atoms with Crippen LogP contribution in [0.1, 0.15) is 72.1 Å². The van der Waals surface area contributed by atoms with Crippen molar-refractivity contribution in [2.24, 2.45) is 14.1 Å². The molecular weight excluding hydrogens is 1150 g/mol. The zero-order valence-corrected chi connectivity index (χ0v) is 44.4. The summed E-state index contributed by atoms with van der Waals surface area (Å²) in [6, 6.07) is 10.8. The van der Waals surface area contributed by atoms with Gasteiger partial charge >= 0.3 is 11.6 Å². The lowest BCUT2D eigenvalue weighted by Crippen LogP contribution is -2.08. The third kappa shape index (κ3) is 15.1. The van der Waals surface area contributed by atoms with E-state index in [0.717, 1.165) is 22.8 Å². The molecule has 6 aromatic heterocycles. The molecular formula is C48H45Br2ClF6N12O6. The molecule has 396 valence electrons. The maximum atomic E-state index is 14.4. The van der Waals surface area contributed by atoms with E-state index in [1.54, 1.807) is 68.8 Å². The van der Waals surface area contributed by atoms with Gasteiger partial charge in [0.05, 0.1) is 38.7 Å². The number of aliphatic hydroxyl groups excluding tert-OH is 1. The molecule has 6 heterocycles. The Morgan fingerprint density at radius 3 is 1.73 bits per heavy atom. The van der Waals surface area contributed by atoms with E-state index in [2.05, 4.69) is 62.2 Å². The van der Waals surface area contributed by atoms with Crippen molar-refractivity contribution >= 4 is 55.1 Å². The van der Waals surface area contributed by atoms with Crippen molar-refractivity contribution in [3.63, 3.8) is 0 Å². The minimum absolute atomic E-state index is 0.0652. The number of hydrogen-bond donors (Lipinski definition) is 1. The summed E-state index contributed by atoms with van der Waals surface area (Å²) in [6.07, 6.45) is 4.96. The zero-order valence-electron chi connectivity index (χ0n) is 40.5. The number of aliphatic hydroxyl groups is 1. The summed E-state index contributed by atoms with van der Waals surface area (Å²) in [6.45, 7) is 6.06. The van der Waals surface area contributed by atoms with Gasteiger partial charge in [-0.05, 0) is 127 Å². The number of nitrogens with zero attached hydrogens (tertiary/aromatic N) is 12. The van der Waals surface area contributed by atoms with Gasteiger partial charge in [-0.1, -0.05) is 11.6 Å². The van der Waals surface area contributed by atoms with E-state index in [0.29, 0.717) is 66.7 Å². The van der Waals surface area contributed by atoms with Gasteiger partial charge in [-0.15, -0.1) is 0 Å². The van der Waals surface area contributed by atoms with Gasteiger partial charge < -0.3 is 30.1 Å². The van der Waals surface area contributed by atoms with Crippen LogP contribution >= 0.6 is 43.5 Å². The van der Waals surface area contributed by atoms with E-state index in [-0.39, 0.29) is 17.4 Å². The smallest absolute Gasteiger partial charge is 0.406 e. The van der Waals surface area contributed by atoms with Crippen LogP contribution in [0.5, 0.6) is 5.75 Å². The van der Waals surface area contributed by atoms with Gasteiger partial charge in [-0.25, -0.2) is 22.0 Å². The van der Waals surface area contributed by atoms with Crippen molar-refractivity contribution < 1.29 is 46.0 Å². The lowest BCUT2D eigenvalue weighted by molar-refractivity contribution is -0.392. The molecule has 0 aliphatic rings. The number of hydrogen-bond acceptors (Lipinski definition) is 12. The minimum atomic E-state index is -2.47. The first-order valence-electron chi connectivity index (χ1n) is 22.3. The fraction of sp³-hybridized carbons (Fsp3) is 0.292. The number of nitro groups is 2. The van der Waals surface area contributed by atoms with Crippen molar-refractivity contribution in [1.29, 1.82) is 0 Å². The molecule has 1 unspecified atom stereocenters. The van der Waals surface area contributed by atoms with Gasteiger partial charge in [0.25, 0.3) is 6.43 Å². The third-order valence-corrected chi connectivity index (χ3v) is 12.0. The number of benzene rings is 2. The molecule has 75 heavy (non-hydrogen) atoms. The summed E-state index contributed by atoms with van der Waals surface area (Å²) in [4.78, 5) is 27.0. The van der Waals surface area contributed by atoms with Crippen molar-refractivity contribution in [3.05, 3.63) is 177 Å². The van der Waals surface area contributed by atoms with Gasteiger partial charge in [0.1, 0.15) is 30.5 Å². The number of halogens is 9. The van der Waals surface area contributed by atoms with Crippen LogP contribution in [0.3, 0.4) is 0 Å². The number of aryl methyl sites for hydroxylation is 3. The quantitative estimate of drug-likeness (QED) is 0.0544. The molecule has 8 aromatic rings. The Balaban J connectivity index is 0.000000209. The van der Waals surface area contributed by atoms with Crippen LogP contribution in [0.25, 0.3) is 22.5 Å². The SMILES string of the molecule is CC(F)Cn1cc(Cc2cn(C)nc2-c2ccc(F)cc2[C@@H](C)Oc2cc(Br)cnc2[N+](=O)[O-])c(Cl)n1.Cc1nn(CC(F)F)cc1Cc1cn(C)nc1-c1ccc(F)cc1[C@@H](C)O.O=[N+]([O-])c1ncc(Br)cc1F. The van der Waals surface area contributed by atoms with E-state index in [1.807, 2.05) is 12.4 Å². The number of ether oxygens (including phenoxy) is 1. The van der Waals surface area contributed by atoms with Crippen LogP contribution in [0.2, 0.25) is 5.15 Å². The molecule has 0 radical (unpaired) electrons. The first kappa shape index (κ1) is 57.3. The molecule has 0 aliphatic heterocycles. The number of pyridine rings is 2. The first-order chi connectivity index (χ1) is 35.4. The molecule has 0 aliphatic carbocycles. The molecule has 1 N–H and O–H groups in total. The van der Waals surface area contributed by atoms with Gasteiger partial charge in [-0.2, -0.15) is 24.8 Å². The summed E-state index contributed by atoms with van der Waals surface area (Å²) in [7, 11) is 3.52. The molecule has 0 amide bonds. The van der Waals surface area contributed by atoms with Gasteiger partial charge in [-0.3, -0.25) is 18.7 Å². The van der Waals surface area contributed by atoms with Crippen LogP contribution < -0.4 is 4.74 Å². The Morgan fingerprint density at radius 2 is 1.20 bits per heavy atom. The lowest BCUT2D eigenvalue weighted by atomic mass is 9.96. The van der Waals surface area contributed by atoms with Gasteiger partial charge in [0.15, 0.2) is 17.5 Å². The van der Waals surface area contributed by atoms with Crippen molar-refractivity contribution in [2.45, 2.75) is 78.4 Å². The summed E-state index contributed by atoms with van der Waals surface area (Å²) in [5.41, 5.74) is 7.04. The molecule has 8 rings (SSSR count). The summed E-state index contributed by atoms with van der Waals surface area (Å²) < 4.78 is 91.9. The second-order valence-corrected chi connectivity index (χ2v) is 19.0. The largest absolute Gasteiger partial charge is 0.478 e. The number of aromatic nitrogens is 10. The first-order valence-corrected chi connectivity index (χ1v) is 24.2. The Bertz CT molecular complexity index is 3330. The van der Waals surface area contributed by atoms with Crippen LogP contribution in [0, 0.1) is 44.6 Å². The van der Waals surface area contributed by atoms with Crippen LogP contribution in [0.4, 0.5) is 38.0 Å². The average Bonchev–Trinajstić information content (AvgIpc) is 4.07. The van der Waals surface area contributed by atoms with Crippen LogP contribution in [-0.2, 0) is 40.0 Å². The molecule has 27 heteroatoms. The predicted molar refractivity (Wildman–Crippen MR) is 270 cm³/mol. The molecule has 18 nitrogen and oxygen atoms in total. The van der Waals surface area contributed by atoms with Crippen molar-refractivity contribution in [3.8, 4) is 28.3 Å². The highest BCUT2D eigenvalue weighted by Crippen LogP contribution is 2.37.